The molecule has 0 fully saturated rings. The first-order valence-electron chi connectivity index (χ1n) is 11.6. The highest BCUT2D eigenvalue weighted by molar-refractivity contribution is 6.76. The van der Waals surface area contributed by atoms with E-state index in [1.165, 1.54) is 0 Å². The number of hydrogen-bond acceptors (Lipinski definition) is 4. The molecule has 0 spiro atoms. The summed E-state index contributed by atoms with van der Waals surface area (Å²) in [5, 5.41) is 0. The summed E-state index contributed by atoms with van der Waals surface area (Å²) in [4.78, 5) is 2.88. The maximum atomic E-state index is 6.44. The van der Waals surface area contributed by atoms with Gasteiger partial charge in [-0.2, -0.15) is 0 Å². The predicted molar refractivity (Wildman–Crippen MR) is 131 cm³/mol. The Kier molecular flexibility index (Phi) is 12.6. The van der Waals surface area contributed by atoms with E-state index in [2.05, 4.69) is 85.7 Å². The quantitative estimate of drug-likeness (QED) is 0.288. The summed E-state index contributed by atoms with van der Waals surface area (Å²) in [7, 11) is -5.69. The highest BCUT2D eigenvalue weighted by Gasteiger charge is 2.51. The van der Waals surface area contributed by atoms with Gasteiger partial charge in [0.15, 0.2) is 0 Å². The largest absolute Gasteiger partial charge is 0.416 e. The van der Waals surface area contributed by atoms with Crippen molar-refractivity contribution in [1.29, 1.82) is 0 Å². The molecular weight excluding hydrogens is 398 g/mol. The molecule has 170 valence electrons. The van der Waals surface area contributed by atoms with Gasteiger partial charge < -0.3 is 13.3 Å². The van der Waals surface area contributed by atoms with Crippen molar-refractivity contribution in [3.63, 3.8) is 0 Å². The average Bonchev–Trinajstić information content (AvgIpc) is 2.55. The smallest absolute Gasteiger partial charge is 0.203 e. The van der Waals surface area contributed by atoms with Gasteiger partial charge in [0.1, 0.15) is 0 Å². The van der Waals surface area contributed by atoms with Gasteiger partial charge in [-0.3, -0.25) is 4.90 Å². The van der Waals surface area contributed by atoms with E-state index >= 15 is 0 Å². The van der Waals surface area contributed by atoms with Crippen LogP contribution in [-0.4, -0.2) is 66.7 Å². The second-order valence-electron chi connectivity index (χ2n) is 9.33. The Morgan fingerprint density at radius 3 is 0.857 bits per heavy atom. The van der Waals surface area contributed by atoms with E-state index in [4.69, 9.17) is 13.3 Å². The van der Waals surface area contributed by atoms with Crippen LogP contribution in [0.2, 0.25) is 39.3 Å². The van der Waals surface area contributed by atoms with Crippen molar-refractivity contribution >= 4 is 25.0 Å². The first-order valence-corrected chi connectivity index (χ1v) is 20.5. The molecule has 3 unspecified atom stereocenters. The first kappa shape index (κ1) is 28.5. The summed E-state index contributed by atoms with van der Waals surface area (Å²) in [6.45, 7) is 30.3. The molecule has 0 heterocycles. The minimum Gasteiger partial charge on any atom is -0.416 e. The molecule has 0 aliphatic rings. The Labute approximate surface area is 180 Å². The van der Waals surface area contributed by atoms with Gasteiger partial charge in [0, 0.05) is 36.8 Å². The number of hydrogen-bond donors (Lipinski definition) is 0. The lowest BCUT2D eigenvalue weighted by atomic mass is 10.3. The van der Waals surface area contributed by atoms with Gasteiger partial charge >= 0.3 is 0 Å². The molecule has 0 N–H and O–H groups in total. The van der Waals surface area contributed by atoms with Crippen molar-refractivity contribution in [3.8, 4) is 0 Å². The van der Waals surface area contributed by atoms with Crippen molar-refractivity contribution in [1.82, 2.24) is 4.90 Å². The molecule has 0 aromatic rings. The zero-order valence-electron chi connectivity index (χ0n) is 21.1. The third kappa shape index (κ3) is 7.32. The lowest BCUT2D eigenvalue weighted by molar-refractivity contribution is 0.126. The van der Waals surface area contributed by atoms with Crippen LogP contribution in [0.15, 0.2) is 0 Å². The van der Waals surface area contributed by atoms with Crippen molar-refractivity contribution < 1.29 is 13.3 Å². The summed E-state index contributed by atoms with van der Waals surface area (Å²) in [5.41, 5.74) is 1.42. The molecule has 0 saturated carbocycles. The van der Waals surface area contributed by atoms with Crippen LogP contribution in [0.25, 0.3) is 0 Å². The molecule has 0 aliphatic heterocycles. The van der Waals surface area contributed by atoms with Gasteiger partial charge in [0.05, 0.1) is 0 Å². The maximum Gasteiger partial charge on any atom is 0.203 e. The number of rotatable bonds is 15. The van der Waals surface area contributed by atoms with Crippen molar-refractivity contribution in [2.75, 3.05) is 19.8 Å². The summed E-state index contributed by atoms with van der Waals surface area (Å²) in [6, 6.07) is 0. The fourth-order valence-corrected chi connectivity index (χ4v) is 14.7. The van der Waals surface area contributed by atoms with Gasteiger partial charge in [-0.25, -0.2) is 0 Å². The average molecular weight is 450 g/mol. The van der Waals surface area contributed by atoms with Crippen LogP contribution < -0.4 is 0 Å². The SMILES string of the molecule is CCO[Si](C)(C)C(CC)N(C(CC)[Si](C)(C)OCC)C(CC)[Si](C)(C)OCC. The van der Waals surface area contributed by atoms with Crippen molar-refractivity contribution in [3.05, 3.63) is 0 Å². The predicted octanol–water partition coefficient (Wildman–Crippen LogP) is 5.97. The lowest BCUT2D eigenvalue weighted by Crippen LogP contribution is -2.71. The van der Waals surface area contributed by atoms with E-state index in [9.17, 15) is 0 Å². The Morgan fingerprint density at radius 2 is 0.714 bits per heavy atom. The van der Waals surface area contributed by atoms with Crippen molar-refractivity contribution in [2.45, 2.75) is 117 Å². The van der Waals surface area contributed by atoms with Gasteiger partial charge in [0.25, 0.3) is 0 Å². The van der Waals surface area contributed by atoms with Gasteiger partial charge in [0.2, 0.25) is 25.0 Å². The van der Waals surface area contributed by atoms with Gasteiger partial charge in [-0.05, 0) is 79.3 Å². The molecule has 0 aliphatic carbocycles. The van der Waals surface area contributed by atoms with E-state index in [0.29, 0.717) is 17.0 Å². The molecule has 7 heteroatoms. The summed E-state index contributed by atoms with van der Waals surface area (Å²) < 4.78 is 19.3. The highest BCUT2D eigenvalue weighted by Crippen LogP contribution is 2.34. The Bertz CT molecular complexity index is 371. The molecule has 0 aromatic heterocycles. The van der Waals surface area contributed by atoms with Crippen LogP contribution in [0.1, 0.15) is 60.8 Å². The molecule has 3 atom stereocenters. The second kappa shape index (κ2) is 12.4. The third-order valence-electron chi connectivity index (χ3n) is 6.20. The Morgan fingerprint density at radius 1 is 0.500 bits per heavy atom. The zero-order chi connectivity index (χ0) is 22.2. The summed E-state index contributed by atoms with van der Waals surface area (Å²) in [6.07, 6.45) is 3.37. The van der Waals surface area contributed by atoms with Crippen LogP contribution in [-0.2, 0) is 13.3 Å². The Hall–Kier alpha value is 0.491. The summed E-state index contributed by atoms with van der Waals surface area (Å²) in [5.74, 6) is 0. The fourth-order valence-electron chi connectivity index (χ4n) is 5.24. The minimum absolute atomic E-state index is 0.474. The van der Waals surface area contributed by atoms with Gasteiger partial charge in [-0.1, -0.05) is 20.8 Å². The monoisotopic (exact) mass is 449 g/mol. The molecule has 4 nitrogen and oxygen atoms in total. The van der Waals surface area contributed by atoms with Crippen molar-refractivity contribution in [2.24, 2.45) is 0 Å². The molecule has 0 amide bonds. The number of nitrogens with zero attached hydrogens (tertiary/aromatic N) is 1. The molecule has 0 radical (unpaired) electrons. The topological polar surface area (TPSA) is 30.9 Å². The molecule has 0 bridgehead atoms. The second-order valence-corrected chi connectivity index (χ2v) is 21.8. The van der Waals surface area contributed by atoms with Gasteiger partial charge in [-0.15, -0.1) is 0 Å². The van der Waals surface area contributed by atoms with Crippen LogP contribution in [0.5, 0.6) is 0 Å². The van der Waals surface area contributed by atoms with E-state index in [-0.39, 0.29) is 0 Å². The first-order chi connectivity index (χ1) is 12.9. The Balaban J connectivity index is 6.48. The van der Waals surface area contributed by atoms with E-state index in [0.717, 1.165) is 39.1 Å². The van der Waals surface area contributed by atoms with Crippen LogP contribution >= 0.6 is 0 Å². The summed E-state index contributed by atoms with van der Waals surface area (Å²) >= 11 is 0. The van der Waals surface area contributed by atoms with E-state index in [1.807, 2.05) is 0 Å². The fraction of sp³-hybridized carbons (Fsp3) is 1.00. The lowest BCUT2D eigenvalue weighted by Gasteiger charge is -2.54. The molecule has 0 aromatic carbocycles. The zero-order valence-corrected chi connectivity index (χ0v) is 24.1. The molecule has 0 rings (SSSR count). The van der Waals surface area contributed by atoms with E-state index in [1.54, 1.807) is 0 Å². The maximum absolute atomic E-state index is 6.44. The molecule has 0 saturated heterocycles. The standard InChI is InChI=1S/C21H51NO3Si3/c1-13-19(26(7,8)23-16-4)22(20(14-2)27(9,10)24-17-5)21(15-3)28(11,12)25-18-6/h19-21H,13-18H2,1-12H3. The molecule has 28 heavy (non-hydrogen) atoms. The molecular formula is C21H51NO3Si3. The highest BCUT2D eigenvalue weighted by atomic mass is 28.4. The van der Waals surface area contributed by atoms with Crippen LogP contribution in [0.4, 0.5) is 0 Å². The van der Waals surface area contributed by atoms with Crippen LogP contribution in [0, 0.1) is 0 Å². The normalized spacial score (nSPS) is 17.0. The van der Waals surface area contributed by atoms with Crippen LogP contribution in [0.3, 0.4) is 0 Å². The third-order valence-corrected chi connectivity index (χ3v) is 16.2. The van der Waals surface area contributed by atoms with E-state index < -0.39 is 25.0 Å². The minimum atomic E-state index is -1.90.